The molecule has 0 rings (SSSR count). The van der Waals surface area contributed by atoms with Crippen LogP contribution in [0.4, 0.5) is 0 Å². The highest BCUT2D eigenvalue weighted by molar-refractivity contribution is 7.47. The smallest absolute Gasteiger partial charge is 0.456 e. The lowest BCUT2D eigenvalue weighted by molar-refractivity contribution is -0.870. The second kappa shape index (κ2) is 57.9. The highest BCUT2D eigenvalue weighted by Crippen LogP contribution is 2.43. The molecule has 0 aromatic rings. The average molecular weight is 1120 g/mol. The van der Waals surface area contributed by atoms with Crippen molar-refractivity contribution in [1.29, 1.82) is 0 Å². The fraction of sp³-hybridized carbons (Fsp3) is 0.710. The van der Waals surface area contributed by atoms with Crippen molar-refractivity contribution in [1.82, 2.24) is 5.32 Å². The summed E-state index contributed by atoms with van der Waals surface area (Å²) in [5.74, 6) is -0.528. The number of allylic oxidation sites excluding steroid dienone is 17. The lowest BCUT2D eigenvalue weighted by atomic mass is 10.0. The van der Waals surface area contributed by atoms with Crippen molar-refractivity contribution in [3.63, 3.8) is 0 Å². The Bertz CT molecular complexity index is 1720. The van der Waals surface area contributed by atoms with E-state index in [0.717, 1.165) is 135 Å². The zero-order valence-electron chi connectivity index (χ0n) is 51.8. The van der Waals surface area contributed by atoms with Gasteiger partial charge >= 0.3 is 13.8 Å². The number of ether oxygens (including phenoxy) is 1. The van der Waals surface area contributed by atoms with Crippen LogP contribution in [0.3, 0.4) is 0 Å². The van der Waals surface area contributed by atoms with Crippen molar-refractivity contribution in [2.45, 2.75) is 277 Å². The van der Waals surface area contributed by atoms with E-state index in [-0.39, 0.29) is 31.5 Å². The molecule has 10 heteroatoms. The van der Waals surface area contributed by atoms with Gasteiger partial charge in [0.15, 0.2) is 0 Å². The number of carbonyl (C=O) groups excluding carboxylic acids is 2. The summed E-state index contributed by atoms with van der Waals surface area (Å²) in [5, 5.41) is 3.05. The van der Waals surface area contributed by atoms with Gasteiger partial charge in [-0.2, -0.15) is 0 Å². The first-order valence-electron chi connectivity index (χ1n) is 32.2. The van der Waals surface area contributed by atoms with Crippen LogP contribution in [0.25, 0.3) is 0 Å². The van der Waals surface area contributed by atoms with E-state index in [1.54, 1.807) is 0 Å². The van der Waals surface area contributed by atoms with Gasteiger partial charge in [0.05, 0.1) is 33.8 Å². The third-order valence-electron chi connectivity index (χ3n) is 13.7. The van der Waals surface area contributed by atoms with Crippen LogP contribution in [-0.4, -0.2) is 74.3 Å². The fourth-order valence-corrected chi connectivity index (χ4v) is 9.54. The monoisotopic (exact) mass is 1120 g/mol. The van der Waals surface area contributed by atoms with E-state index >= 15 is 0 Å². The first kappa shape index (κ1) is 75.7. The van der Waals surface area contributed by atoms with Gasteiger partial charge in [0.2, 0.25) is 5.91 Å². The molecular weight excluding hydrogens is 1000 g/mol. The molecule has 9 nitrogen and oxygen atoms in total. The van der Waals surface area contributed by atoms with E-state index in [9.17, 15) is 19.0 Å². The number of hydrogen-bond donors (Lipinski definition) is 2. The molecule has 0 saturated carbocycles. The lowest BCUT2D eigenvalue weighted by Crippen LogP contribution is -2.47. The minimum atomic E-state index is -4.46. The van der Waals surface area contributed by atoms with Crippen LogP contribution in [-0.2, 0) is 27.9 Å². The fourth-order valence-electron chi connectivity index (χ4n) is 8.80. The Balaban J connectivity index is 5.13. The molecule has 0 aliphatic carbocycles. The molecule has 454 valence electrons. The largest absolute Gasteiger partial charge is 0.472 e. The molecule has 0 bridgehead atoms. The van der Waals surface area contributed by atoms with Crippen LogP contribution < -0.4 is 5.32 Å². The maximum atomic E-state index is 13.5. The van der Waals surface area contributed by atoms with Crippen LogP contribution in [0.15, 0.2) is 109 Å². The normalized spacial score (nSPS) is 14.4. The molecule has 0 saturated heterocycles. The minimum absolute atomic E-state index is 0.0323. The summed E-state index contributed by atoms with van der Waals surface area (Å²) in [7, 11) is 1.47. The average Bonchev–Trinajstić information content (AvgIpc) is 3.41. The SMILES string of the molecule is CC/C=C\C/C=C\C/C=C\C/C=C\C/C=C\C/C=C\CCCCCCCCCCC(=O)OC(/C=C\CCCCCCCCCCCC)C(COP(=O)(O)OCC[N+](C)(C)C)NC(=O)CCCCCCCCC/C=C/C/C=C/CC. The Kier molecular flexibility index (Phi) is 55.4. The predicted molar refractivity (Wildman–Crippen MR) is 341 cm³/mol. The van der Waals surface area contributed by atoms with Gasteiger partial charge in [0.25, 0.3) is 0 Å². The van der Waals surface area contributed by atoms with Crippen LogP contribution in [0.5, 0.6) is 0 Å². The molecule has 0 radical (unpaired) electrons. The van der Waals surface area contributed by atoms with Crippen LogP contribution in [0.2, 0.25) is 0 Å². The minimum Gasteiger partial charge on any atom is -0.456 e. The van der Waals surface area contributed by atoms with Crippen molar-refractivity contribution < 1.29 is 37.3 Å². The maximum absolute atomic E-state index is 13.5. The number of phosphoric ester groups is 1. The Morgan fingerprint density at radius 2 is 0.810 bits per heavy atom. The van der Waals surface area contributed by atoms with E-state index in [0.29, 0.717) is 17.4 Å². The van der Waals surface area contributed by atoms with Gasteiger partial charge in [-0.1, -0.05) is 252 Å². The molecule has 0 fully saturated rings. The Morgan fingerprint density at radius 1 is 0.456 bits per heavy atom. The summed E-state index contributed by atoms with van der Waals surface area (Å²) in [6.07, 6.45) is 79.5. The molecule has 2 N–H and O–H groups in total. The van der Waals surface area contributed by atoms with Crippen molar-refractivity contribution in [3.05, 3.63) is 109 Å². The molecule has 3 unspecified atom stereocenters. The quantitative estimate of drug-likeness (QED) is 0.0205. The zero-order valence-corrected chi connectivity index (χ0v) is 52.7. The summed E-state index contributed by atoms with van der Waals surface area (Å²) in [5.41, 5.74) is 0. The predicted octanol–water partition coefficient (Wildman–Crippen LogP) is 20.1. The second-order valence-corrected chi connectivity index (χ2v) is 24.0. The number of phosphoric acid groups is 1. The molecule has 0 heterocycles. The number of quaternary nitrogens is 1. The van der Waals surface area contributed by atoms with Gasteiger partial charge in [-0.15, -0.1) is 0 Å². The lowest BCUT2D eigenvalue weighted by Gasteiger charge is -2.27. The van der Waals surface area contributed by atoms with Gasteiger partial charge in [0, 0.05) is 12.8 Å². The molecule has 0 aromatic carbocycles. The number of likely N-dealkylation sites (N-methyl/N-ethyl adjacent to an activating group) is 1. The van der Waals surface area contributed by atoms with Gasteiger partial charge in [-0.25, -0.2) is 4.57 Å². The number of nitrogens with one attached hydrogen (secondary N) is 1. The maximum Gasteiger partial charge on any atom is 0.472 e. The summed E-state index contributed by atoms with van der Waals surface area (Å²) in [6, 6.07) is -0.862. The van der Waals surface area contributed by atoms with E-state index in [4.69, 9.17) is 13.8 Å². The highest BCUT2D eigenvalue weighted by atomic mass is 31.2. The number of rotatable bonds is 57. The molecule has 79 heavy (non-hydrogen) atoms. The molecule has 0 aliphatic rings. The molecule has 0 spiro atoms. The van der Waals surface area contributed by atoms with Crippen molar-refractivity contribution in [2.75, 3.05) is 40.9 Å². The number of nitrogens with zero attached hydrogens (tertiary/aromatic N) is 1. The number of carbonyl (C=O) groups is 2. The Hall–Kier alpha value is -3.33. The standard InChI is InChI=1S/C69H121N2O7P/c1-7-10-13-16-19-22-25-28-30-31-32-33-34-35-36-37-38-39-40-41-42-44-47-50-53-56-59-62-69(73)78-67(60-57-54-51-48-45-27-24-21-18-15-12-9-3)66(65-77-79(74,75)76-64-63-71(4,5)6)70-68(72)61-58-55-52-49-46-43-29-26-23-20-17-14-11-8-2/h10-11,13-14,19-20,22-23,28,30,32-33,35-36,38-39,57,60,66-67H,7-9,12,15-18,21,24-27,29,31,34,37,40-56,58-59,61-65H2,1-6H3,(H-,70,72,74,75)/p+1/b13-10-,14-11+,22-19-,23-20+,30-28-,33-32-,36-35-,39-38-,60-57-. The van der Waals surface area contributed by atoms with Crippen LogP contribution >= 0.6 is 7.82 Å². The molecular formula is C69H122N2O7P+. The highest BCUT2D eigenvalue weighted by Gasteiger charge is 2.30. The molecule has 0 aromatic heterocycles. The first-order chi connectivity index (χ1) is 38.4. The molecule has 1 amide bonds. The van der Waals surface area contributed by atoms with Gasteiger partial charge in [-0.05, 0) is 109 Å². The third-order valence-corrected chi connectivity index (χ3v) is 14.7. The number of hydrogen-bond acceptors (Lipinski definition) is 6. The Labute approximate surface area is 487 Å². The van der Waals surface area contributed by atoms with Crippen molar-refractivity contribution in [3.8, 4) is 0 Å². The van der Waals surface area contributed by atoms with E-state index in [2.05, 4.69) is 123 Å². The second-order valence-electron chi connectivity index (χ2n) is 22.5. The summed E-state index contributed by atoms with van der Waals surface area (Å²) < 4.78 is 30.7. The number of amides is 1. The van der Waals surface area contributed by atoms with Crippen LogP contribution in [0, 0.1) is 0 Å². The zero-order chi connectivity index (χ0) is 57.9. The molecule has 3 atom stereocenters. The first-order valence-corrected chi connectivity index (χ1v) is 33.7. The van der Waals surface area contributed by atoms with Gasteiger partial charge in [0.1, 0.15) is 19.3 Å². The number of esters is 1. The van der Waals surface area contributed by atoms with Gasteiger partial charge in [-0.3, -0.25) is 18.6 Å². The summed E-state index contributed by atoms with van der Waals surface area (Å²) in [6.45, 7) is 6.78. The van der Waals surface area contributed by atoms with Crippen molar-refractivity contribution >= 4 is 19.7 Å². The van der Waals surface area contributed by atoms with E-state index in [1.165, 1.54) is 96.3 Å². The number of unbranched alkanes of at least 4 members (excludes halogenated alkanes) is 25. The molecule has 0 aliphatic heterocycles. The summed E-state index contributed by atoms with van der Waals surface area (Å²) in [4.78, 5) is 37.7. The van der Waals surface area contributed by atoms with E-state index < -0.39 is 20.0 Å². The van der Waals surface area contributed by atoms with Crippen molar-refractivity contribution in [2.24, 2.45) is 0 Å². The van der Waals surface area contributed by atoms with Gasteiger partial charge < -0.3 is 19.4 Å². The Morgan fingerprint density at radius 3 is 1.22 bits per heavy atom. The van der Waals surface area contributed by atoms with E-state index in [1.807, 2.05) is 33.3 Å². The third kappa shape index (κ3) is 59.1. The van der Waals surface area contributed by atoms with Crippen LogP contribution in [0.1, 0.15) is 265 Å². The topological polar surface area (TPSA) is 111 Å². The summed E-state index contributed by atoms with van der Waals surface area (Å²) >= 11 is 0.